The van der Waals surface area contributed by atoms with Gasteiger partial charge in [-0.25, -0.2) is 0 Å². The molecule has 1 aromatic carbocycles. The van der Waals surface area contributed by atoms with Crippen molar-refractivity contribution in [3.63, 3.8) is 0 Å². The van der Waals surface area contributed by atoms with E-state index in [9.17, 15) is 0 Å². The standard InChI is InChI=1S/C14H17BrClNO/c1-8(2)6-17-7-12-9(3)13-10(15)4-5-11(16)14(13)18-12/h4-5,8,17H,6-7H2,1-3H3. The van der Waals surface area contributed by atoms with Gasteiger partial charge in [0.15, 0.2) is 5.58 Å². The largest absolute Gasteiger partial charge is 0.458 e. The summed E-state index contributed by atoms with van der Waals surface area (Å²) in [4.78, 5) is 0. The van der Waals surface area contributed by atoms with Crippen molar-refractivity contribution < 1.29 is 4.42 Å². The van der Waals surface area contributed by atoms with Crippen LogP contribution in [0.25, 0.3) is 11.0 Å². The molecule has 1 heterocycles. The summed E-state index contributed by atoms with van der Waals surface area (Å²) in [5.74, 6) is 1.59. The zero-order valence-electron chi connectivity index (χ0n) is 10.8. The van der Waals surface area contributed by atoms with E-state index >= 15 is 0 Å². The molecule has 0 amide bonds. The number of rotatable bonds is 4. The van der Waals surface area contributed by atoms with E-state index in [1.54, 1.807) is 0 Å². The summed E-state index contributed by atoms with van der Waals surface area (Å²) in [6.45, 7) is 8.16. The first kappa shape index (κ1) is 13.9. The van der Waals surface area contributed by atoms with Crippen molar-refractivity contribution >= 4 is 38.5 Å². The molecule has 0 spiro atoms. The summed E-state index contributed by atoms with van der Waals surface area (Å²) in [7, 11) is 0. The van der Waals surface area contributed by atoms with E-state index < -0.39 is 0 Å². The van der Waals surface area contributed by atoms with Crippen LogP contribution in [0.4, 0.5) is 0 Å². The highest BCUT2D eigenvalue weighted by atomic mass is 79.9. The molecule has 4 heteroatoms. The lowest BCUT2D eigenvalue weighted by atomic mass is 10.1. The normalized spacial score (nSPS) is 11.7. The predicted molar refractivity (Wildman–Crippen MR) is 80.2 cm³/mol. The fourth-order valence-electron chi connectivity index (χ4n) is 1.96. The molecule has 1 aromatic heterocycles. The third kappa shape index (κ3) is 2.73. The summed E-state index contributed by atoms with van der Waals surface area (Å²) in [5.41, 5.74) is 1.92. The smallest absolute Gasteiger partial charge is 0.154 e. The van der Waals surface area contributed by atoms with Gasteiger partial charge in [-0.2, -0.15) is 0 Å². The van der Waals surface area contributed by atoms with Gasteiger partial charge in [-0.3, -0.25) is 0 Å². The Bertz CT molecular complexity index is 562. The number of fused-ring (bicyclic) bond motifs is 1. The Morgan fingerprint density at radius 3 is 2.72 bits per heavy atom. The molecule has 2 aromatic rings. The van der Waals surface area contributed by atoms with Gasteiger partial charge in [0.2, 0.25) is 0 Å². The lowest BCUT2D eigenvalue weighted by Gasteiger charge is -2.05. The minimum absolute atomic E-state index is 0.630. The minimum atomic E-state index is 0.630. The highest BCUT2D eigenvalue weighted by molar-refractivity contribution is 9.10. The van der Waals surface area contributed by atoms with Crippen LogP contribution >= 0.6 is 27.5 Å². The van der Waals surface area contributed by atoms with E-state index in [0.717, 1.165) is 39.9 Å². The van der Waals surface area contributed by atoms with Crippen LogP contribution in [0.3, 0.4) is 0 Å². The number of halogens is 2. The maximum atomic E-state index is 6.16. The summed E-state index contributed by atoms with van der Waals surface area (Å²) in [6.07, 6.45) is 0. The van der Waals surface area contributed by atoms with Crippen LogP contribution in [0, 0.1) is 12.8 Å². The lowest BCUT2D eigenvalue weighted by Crippen LogP contribution is -2.18. The number of hydrogen-bond donors (Lipinski definition) is 1. The Kier molecular flexibility index (Phi) is 4.36. The Balaban J connectivity index is 2.33. The molecule has 18 heavy (non-hydrogen) atoms. The second-order valence-corrected chi connectivity index (χ2v) is 6.17. The van der Waals surface area contributed by atoms with Gasteiger partial charge in [-0.15, -0.1) is 0 Å². The van der Waals surface area contributed by atoms with Crippen molar-refractivity contribution in [2.75, 3.05) is 6.54 Å². The Morgan fingerprint density at radius 2 is 2.11 bits per heavy atom. The van der Waals surface area contributed by atoms with Crippen LogP contribution in [0.2, 0.25) is 5.02 Å². The number of aryl methyl sites for hydroxylation is 1. The predicted octanol–water partition coefficient (Wildman–Crippen LogP) is 4.90. The molecule has 0 saturated heterocycles. The summed E-state index contributed by atoms with van der Waals surface area (Å²) in [6, 6.07) is 3.81. The first-order valence-corrected chi connectivity index (χ1v) is 7.24. The second-order valence-electron chi connectivity index (χ2n) is 4.91. The fourth-order valence-corrected chi connectivity index (χ4v) is 2.77. The number of hydrogen-bond acceptors (Lipinski definition) is 2. The van der Waals surface area contributed by atoms with Gasteiger partial charge in [0, 0.05) is 15.4 Å². The average Bonchev–Trinajstić information content (AvgIpc) is 2.63. The summed E-state index contributed by atoms with van der Waals surface area (Å²) >= 11 is 9.71. The van der Waals surface area contributed by atoms with Gasteiger partial charge in [0.05, 0.1) is 11.6 Å². The molecule has 1 N–H and O–H groups in total. The van der Waals surface area contributed by atoms with E-state index in [-0.39, 0.29) is 0 Å². The molecule has 0 unspecified atom stereocenters. The highest BCUT2D eigenvalue weighted by Crippen LogP contribution is 2.35. The molecule has 0 fully saturated rings. The second kappa shape index (κ2) is 5.64. The molecule has 0 aliphatic heterocycles. The molecule has 0 radical (unpaired) electrons. The molecule has 98 valence electrons. The molecule has 2 nitrogen and oxygen atoms in total. The van der Waals surface area contributed by atoms with Crippen LogP contribution < -0.4 is 5.32 Å². The molecular formula is C14H17BrClNO. The maximum Gasteiger partial charge on any atom is 0.154 e. The Morgan fingerprint density at radius 1 is 1.39 bits per heavy atom. The van der Waals surface area contributed by atoms with Crippen LogP contribution in [-0.4, -0.2) is 6.54 Å². The van der Waals surface area contributed by atoms with E-state index in [1.807, 2.05) is 12.1 Å². The molecule has 0 saturated carbocycles. The summed E-state index contributed by atoms with van der Waals surface area (Å²) in [5, 5.41) is 5.12. The third-order valence-electron chi connectivity index (χ3n) is 2.92. The van der Waals surface area contributed by atoms with Crippen LogP contribution in [0.1, 0.15) is 25.2 Å². The first-order chi connectivity index (χ1) is 8.50. The van der Waals surface area contributed by atoms with Gasteiger partial charge in [0.1, 0.15) is 5.76 Å². The molecule has 0 aliphatic carbocycles. The van der Waals surface area contributed by atoms with Gasteiger partial charge in [-0.1, -0.05) is 41.4 Å². The van der Waals surface area contributed by atoms with E-state index in [0.29, 0.717) is 10.9 Å². The first-order valence-electron chi connectivity index (χ1n) is 6.07. The maximum absolute atomic E-state index is 6.16. The zero-order valence-corrected chi connectivity index (χ0v) is 13.2. The van der Waals surface area contributed by atoms with Crippen molar-refractivity contribution in [1.82, 2.24) is 5.32 Å². The van der Waals surface area contributed by atoms with E-state index in [4.69, 9.17) is 16.0 Å². The fraction of sp³-hybridized carbons (Fsp3) is 0.429. The van der Waals surface area contributed by atoms with E-state index in [1.165, 1.54) is 0 Å². The van der Waals surface area contributed by atoms with Gasteiger partial charge in [-0.05, 0) is 31.5 Å². The molecule has 0 aliphatic rings. The van der Waals surface area contributed by atoms with Crippen molar-refractivity contribution in [2.24, 2.45) is 5.92 Å². The minimum Gasteiger partial charge on any atom is -0.458 e. The number of furan rings is 1. The zero-order chi connectivity index (χ0) is 13.3. The van der Waals surface area contributed by atoms with Gasteiger partial charge in [0.25, 0.3) is 0 Å². The lowest BCUT2D eigenvalue weighted by molar-refractivity contribution is 0.482. The molecule has 2 rings (SSSR count). The topological polar surface area (TPSA) is 25.2 Å². The van der Waals surface area contributed by atoms with Crippen molar-refractivity contribution in [3.05, 3.63) is 33.0 Å². The van der Waals surface area contributed by atoms with Crippen LogP contribution in [0.15, 0.2) is 21.0 Å². The number of benzene rings is 1. The molecular weight excluding hydrogens is 314 g/mol. The average molecular weight is 331 g/mol. The van der Waals surface area contributed by atoms with Gasteiger partial charge < -0.3 is 9.73 Å². The van der Waals surface area contributed by atoms with E-state index in [2.05, 4.69) is 42.0 Å². The quantitative estimate of drug-likeness (QED) is 0.862. The van der Waals surface area contributed by atoms with Crippen LogP contribution in [-0.2, 0) is 6.54 Å². The monoisotopic (exact) mass is 329 g/mol. The third-order valence-corrected chi connectivity index (χ3v) is 3.87. The van der Waals surface area contributed by atoms with Crippen molar-refractivity contribution in [1.29, 1.82) is 0 Å². The van der Waals surface area contributed by atoms with Crippen molar-refractivity contribution in [3.8, 4) is 0 Å². The summed E-state index contributed by atoms with van der Waals surface area (Å²) < 4.78 is 6.89. The van der Waals surface area contributed by atoms with Gasteiger partial charge >= 0.3 is 0 Å². The SMILES string of the molecule is Cc1c(CNCC(C)C)oc2c(Cl)ccc(Br)c12. The van der Waals surface area contributed by atoms with Crippen LogP contribution in [0.5, 0.6) is 0 Å². The molecule has 0 bridgehead atoms. The Labute approximate surface area is 121 Å². The Hall–Kier alpha value is -0.510. The van der Waals surface area contributed by atoms with Crippen molar-refractivity contribution in [2.45, 2.75) is 27.3 Å². The molecule has 0 atom stereocenters. The number of nitrogens with one attached hydrogen (secondary N) is 1. The highest BCUT2D eigenvalue weighted by Gasteiger charge is 2.15.